The molecule has 19 heavy (non-hydrogen) atoms. The summed E-state index contributed by atoms with van der Waals surface area (Å²) in [5.74, 6) is 1.29. The van der Waals surface area contributed by atoms with Gasteiger partial charge in [0.15, 0.2) is 0 Å². The van der Waals surface area contributed by atoms with Gasteiger partial charge in [-0.2, -0.15) is 0 Å². The minimum Gasteiger partial charge on any atom is -0.347 e. The number of aromatic amines is 1. The van der Waals surface area contributed by atoms with Gasteiger partial charge in [0.25, 0.3) is 0 Å². The molecule has 1 aliphatic rings. The molecule has 1 saturated heterocycles. The van der Waals surface area contributed by atoms with E-state index >= 15 is 0 Å². The molecule has 0 aliphatic carbocycles. The summed E-state index contributed by atoms with van der Waals surface area (Å²) in [4.78, 5) is 19.7. The lowest BCUT2D eigenvalue weighted by Gasteiger charge is -2.36. The van der Waals surface area contributed by atoms with Gasteiger partial charge in [0, 0.05) is 17.8 Å². The molecule has 2 rings (SSSR count). The van der Waals surface area contributed by atoms with E-state index in [0.717, 1.165) is 31.8 Å². The molecule has 1 aliphatic heterocycles. The van der Waals surface area contributed by atoms with Crippen LogP contribution in [0.15, 0.2) is 12.4 Å². The standard InChI is InChI=1S/C14H24N4O/c1-10(12-16-7-8-17-12)18-13(19)14(2,3)11-5-4-6-15-9-11/h7-8,10-11,15H,4-6,9H2,1-3H3,(H,16,17)(H,18,19). The second-order valence-corrected chi connectivity index (χ2v) is 5.93. The SMILES string of the molecule is CC(NC(=O)C(C)(C)C1CCCNC1)c1ncc[nH]1. The number of amides is 1. The predicted octanol–water partition coefficient (Wildman–Crippen LogP) is 1.61. The van der Waals surface area contributed by atoms with Crippen molar-refractivity contribution in [2.24, 2.45) is 11.3 Å². The fraction of sp³-hybridized carbons (Fsp3) is 0.714. The van der Waals surface area contributed by atoms with Crippen molar-refractivity contribution in [1.29, 1.82) is 0 Å². The van der Waals surface area contributed by atoms with E-state index in [2.05, 4.69) is 20.6 Å². The van der Waals surface area contributed by atoms with Crippen molar-refractivity contribution in [3.8, 4) is 0 Å². The molecule has 1 aromatic rings. The lowest BCUT2D eigenvalue weighted by molar-refractivity contribution is -0.133. The fourth-order valence-corrected chi connectivity index (χ4v) is 2.62. The number of aromatic nitrogens is 2. The van der Waals surface area contributed by atoms with E-state index in [-0.39, 0.29) is 17.4 Å². The van der Waals surface area contributed by atoms with Crippen molar-refractivity contribution < 1.29 is 4.79 Å². The first kappa shape index (κ1) is 14.1. The maximum atomic E-state index is 12.5. The van der Waals surface area contributed by atoms with E-state index < -0.39 is 0 Å². The van der Waals surface area contributed by atoms with Gasteiger partial charge < -0.3 is 15.6 Å². The van der Waals surface area contributed by atoms with Crippen LogP contribution in [0.5, 0.6) is 0 Å². The Morgan fingerprint density at radius 3 is 2.95 bits per heavy atom. The Kier molecular flexibility index (Phi) is 4.24. The summed E-state index contributed by atoms with van der Waals surface area (Å²) in [5, 5.41) is 6.44. The van der Waals surface area contributed by atoms with Crippen LogP contribution >= 0.6 is 0 Å². The predicted molar refractivity (Wildman–Crippen MR) is 74.5 cm³/mol. The van der Waals surface area contributed by atoms with Gasteiger partial charge in [-0.05, 0) is 38.8 Å². The lowest BCUT2D eigenvalue weighted by Crippen LogP contribution is -2.47. The van der Waals surface area contributed by atoms with Crippen molar-refractivity contribution in [3.63, 3.8) is 0 Å². The van der Waals surface area contributed by atoms with Crippen LogP contribution in [-0.2, 0) is 4.79 Å². The third-order valence-corrected chi connectivity index (χ3v) is 4.18. The maximum Gasteiger partial charge on any atom is 0.226 e. The van der Waals surface area contributed by atoms with Crippen molar-refractivity contribution in [3.05, 3.63) is 18.2 Å². The first-order valence-electron chi connectivity index (χ1n) is 7.02. The van der Waals surface area contributed by atoms with Crippen LogP contribution in [0, 0.1) is 11.3 Å². The summed E-state index contributed by atoms with van der Waals surface area (Å²) in [7, 11) is 0. The average molecular weight is 264 g/mol. The van der Waals surface area contributed by atoms with Gasteiger partial charge in [-0.1, -0.05) is 13.8 Å². The molecule has 0 radical (unpaired) electrons. The molecule has 2 atom stereocenters. The minimum absolute atomic E-state index is 0.0849. The van der Waals surface area contributed by atoms with Gasteiger partial charge in [-0.25, -0.2) is 4.98 Å². The maximum absolute atomic E-state index is 12.5. The van der Waals surface area contributed by atoms with Crippen LogP contribution in [0.25, 0.3) is 0 Å². The fourth-order valence-electron chi connectivity index (χ4n) is 2.62. The van der Waals surface area contributed by atoms with Gasteiger partial charge >= 0.3 is 0 Å². The lowest BCUT2D eigenvalue weighted by atomic mass is 9.74. The molecule has 3 N–H and O–H groups in total. The van der Waals surface area contributed by atoms with Crippen molar-refractivity contribution >= 4 is 5.91 Å². The minimum atomic E-state index is -0.353. The third kappa shape index (κ3) is 3.15. The van der Waals surface area contributed by atoms with Gasteiger partial charge in [-0.3, -0.25) is 4.79 Å². The highest BCUT2D eigenvalue weighted by atomic mass is 16.2. The number of hydrogen-bond acceptors (Lipinski definition) is 3. The summed E-state index contributed by atoms with van der Waals surface area (Å²) in [6.45, 7) is 8.02. The summed E-state index contributed by atoms with van der Waals surface area (Å²) in [6.07, 6.45) is 5.74. The van der Waals surface area contributed by atoms with Gasteiger partial charge in [0.2, 0.25) is 5.91 Å². The average Bonchev–Trinajstić information content (AvgIpc) is 2.93. The highest BCUT2D eigenvalue weighted by Gasteiger charge is 2.37. The number of carbonyl (C=O) groups excluding carboxylic acids is 1. The molecular formula is C14H24N4O. The Morgan fingerprint density at radius 2 is 2.37 bits per heavy atom. The molecule has 1 amide bonds. The molecule has 0 saturated carbocycles. The van der Waals surface area contributed by atoms with Crippen molar-refractivity contribution in [2.75, 3.05) is 13.1 Å². The van der Waals surface area contributed by atoms with Gasteiger partial charge in [0.1, 0.15) is 5.82 Å². The molecular weight excluding hydrogens is 240 g/mol. The van der Waals surface area contributed by atoms with Crippen LogP contribution in [-0.4, -0.2) is 29.0 Å². The van der Waals surface area contributed by atoms with E-state index in [1.807, 2.05) is 20.8 Å². The molecule has 0 bridgehead atoms. The number of H-pyrrole nitrogens is 1. The molecule has 0 aromatic carbocycles. The summed E-state index contributed by atoms with van der Waals surface area (Å²) < 4.78 is 0. The number of rotatable bonds is 4. The molecule has 0 spiro atoms. The van der Waals surface area contributed by atoms with E-state index in [9.17, 15) is 4.79 Å². The molecule has 2 unspecified atom stereocenters. The molecule has 5 nitrogen and oxygen atoms in total. The normalized spacial score (nSPS) is 21.9. The van der Waals surface area contributed by atoms with Crippen molar-refractivity contribution in [1.82, 2.24) is 20.6 Å². The summed E-state index contributed by atoms with van der Waals surface area (Å²) in [6, 6.07) is -0.0849. The Bertz CT molecular complexity index is 407. The number of carbonyl (C=O) groups is 1. The Morgan fingerprint density at radius 1 is 1.58 bits per heavy atom. The zero-order valence-corrected chi connectivity index (χ0v) is 12.0. The largest absolute Gasteiger partial charge is 0.347 e. The van der Waals surface area contributed by atoms with E-state index in [1.54, 1.807) is 12.4 Å². The molecule has 5 heteroatoms. The second kappa shape index (κ2) is 5.74. The zero-order chi connectivity index (χ0) is 13.9. The Balaban J connectivity index is 1.97. The quantitative estimate of drug-likeness (QED) is 0.774. The summed E-state index contributed by atoms with van der Waals surface area (Å²) >= 11 is 0. The molecule has 2 heterocycles. The number of imidazole rings is 1. The van der Waals surface area contributed by atoms with E-state index in [1.165, 1.54) is 0 Å². The highest BCUT2D eigenvalue weighted by Crippen LogP contribution is 2.32. The number of hydrogen-bond donors (Lipinski definition) is 3. The van der Waals surface area contributed by atoms with E-state index in [0.29, 0.717) is 5.92 Å². The monoisotopic (exact) mass is 264 g/mol. The van der Waals surface area contributed by atoms with Crippen LogP contribution in [0.1, 0.15) is 45.5 Å². The zero-order valence-electron chi connectivity index (χ0n) is 12.0. The van der Waals surface area contributed by atoms with Crippen LogP contribution < -0.4 is 10.6 Å². The number of nitrogens with zero attached hydrogens (tertiary/aromatic N) is 1. The van der Waals surface area contributed by atoms with Crippen LogP contribution in [0.4, 0.5) is 0 Å². The van der Waals surface area contributed by atoms with Crippen LogP contribution in [0.2, 0.25) is 0 Å². The molecule has 106 valence electrons. The summed E-state index contributed by atoms with van der Waals surface area (Å²) in [5.41, 5.74) is -0.353. The van der Waals surface area contributed by atoms with Gasteiger partial charge in [-0.15, -0.1) is 0 Å². The molecule has 1 aromatic heterocycles. The third-order valence-electron chi connectivity index (χ3n) is 4.18. The first-order valence-corrected chi connectivity index (χ1v) is 7.02. The Hall–Kier alpha value is -1.36. The van der Waals surface area contributed by atoms with Crippen molar-refractivity contribution in [2.45, 2.75) is 39.7 Å². The second-order valence-electron chi connectivity index (χ2n) is 5.93. The van der Waals surface area contributed by atoms with Gasteiger partial charge in [0.05, 0.1) is 6.04 Å². The smallest absolute Gasteiger partial charge is 0.226 e. The van der Waals surface area contributed by atoms with E-state index in [4.69, 9.17) is 0 Å². The first-order chi connectivity index (χ1) is 9.01. The van der Waals surface area contributed by atoms with Crippen LogP contribution in [0.3, 0.4) is 0 Å². The highest BCUT2D eigenvalue weighted by molar-refractivity contribution is 5.82. The Labute approximate surface area is 114 Å². The topological polar surface area (TPSA) is 69.8 Å². The number of nitrogens with one attached hydrogen (secondary N) is 3. The number of piperidine rings is 1. The molecule has 1 fully saturated rings.